The average Bonchev–Trinajstić information content (AvgIpc) is 1.00. The molecule has 0 fully saturated rings. The zero-order chi connectivity index (χ0) is 2.00. The number of rotatable bonds is 0. The second-order valence-corrected chi connectivity index (χ2v) is 0. The topological polar surface area (TPSA) is 0 Å². The average molecular weight is 101 g/mol. The molecule has 0 saturated carbocycles. The van der Waals surface area contributed by atoms with Crippen LogP contribution in [0.4, 0.5) is 0 Å². The first-order valence-corrected chi connectivity index (χ1v) is 0.707. The maximum absolute atomic E-state index is 3.25. The Kier molecular flexibility index (Phi) is 137. The van der Waals surface area contributed by atoms with Crippen LogP contribution in [0.1, 0.15) is 6.92 Å². The van der Waals surface area contributed by atoms with Gasteiger partial charge in [-0.2, -0.15) is 0 Å². The molecule has 0 spiro atoms. The van der Waals surface area contributed by atoms with Gasteiger partial charge in [0.2, 0.25) is 0 Å². The summed E-state index contributed by atoms with van der Waals surface area (Å²) in [5, 5.41) is 0. The van der Waals surface area contributed by atoms with Crippen molar-refractivity contribution in [2.24, 2.45) is 0 Å². The molecule has 3 heteroatoms. The Morgan fingerprint density at radius 2 is 0.800 bits per heavy atom. The fraction of sp³-hybridized carbons (Fsp3) is 0.500. The summed E-state index contributed by atoms with van der Waals surface area (Å²) < 4.78 is 0. The molecule has 0 atom stereocenters. The zero-order valence-corrected chi connectivity index (χ0v) is 1.71. The first-order valence-electron chi connectivity index (χ1n) is 0.707. The quantitative estimate of drug-likeness (QED) is 0.339. The van der Waals surface area contributed by atoms with E-state index >= 15 is 0 Å². The van der Waals surface area contributed by atoms with Crippen LogP contribution in [0, 0.1) is 6.92 Å². The fourth-order valence-electron chi connectivity index (χ4n) is 0. The molecule has 0 nitrogen and oxygen atoms in total. The zero-order valence-electron chi connectivity index (χ0n) is 1.71. The van der Waals surface area contributed by atoms with Gasteiger partial charge in [0.15, 0.2) is 0 Å². The van der Waals surface area contributed by atoms with E-state index in [1.807, 2.05) is 0 Å². The van der Waals surface area contributed by atoms with Crippen molar-refractivity contribution < 1.29 is 0 Å². The summed E-state index contributed by atoms with van der Waals surface area (Å²) in [5.41, 5.74) is 0. The van der Waals surface area contributed by atoms with Gasteiger partial charge in [0.1, 0.15) is 0 Å². The first kappa shape index (κ1) is 24.5. The molecular formula is C2H8Na3. The second-order valence-electron chi connectivity index (χ2n) is 0. The van der Waals surface area contributed by atoms with Crippen molar-refractivity contribution in [2.45, 2.75) is 6.92 Å². The van der Waals surface area contributed by atoms with Crippen LogP contribution in [-0.2, 0) is 0 Å². The Labute approximate surface area is 100 Å². The molecular weight excluding hydrogens is 93.0 g/mol. The summed E-state index contributed by atoms with van der Waals surface area (Å²) in [6.07, 6.45) is 0. The van der Waals surface area contributed by atoms with Gasteiger partial charge >= 0.3 is 88.7 Å². The van der Waals surface area contributed by atoms with Crippen molar-refractivity contribution in [3.8, 4) is 0 Å². The van der Waals surface area contributed by atoms with Crippen LogP contribution in [0.5, 0.6) is 0 Å². The first-order chi connectivity index (χ1) is 1.00. The predicted octanol–water partition coefficient (Wildman–Crippen LogP) is -1.11. The number of hydrogen-bond donors (Lipinski definition) is 0. The van der Waals surface area contributed by atoms with E-state index in [0.717, 1.165) is 0 Å². The molecule has 0 saturated heterocycles. The van der Waals surface area contributed by atoms with Crippen LogP contribution in [0.3, 0.4) is 0 Å². The fourth-order valence-corrected chi connectivity index (χ4v) is 0. The van der Waals surface area contributed by atoms with Crippen LogP contribution < -0.4 is 0 Å². The normalized spacial score (nSPS) is 1.20. The van der Waals surface area contributed by atoms with E-state index in [4.69, 9.17) is 0 Å². The molecule has 0 amide bonds. The summed E-state index contributed by atoms with van der Waals surface area (Å²) in [4.78, 5) is 0. The molecule has 0 aliphatic heterocycles. The van der Waals surface area contributed by atoms with Crippen molar-refractivity contribution in [1.82, 2.24) is 0 Å². The molecule has 19 valence electrons. The van der Waals surface area contributed by atoms with Gasteiger partial charge in [-0.3, -0.25) is 0 Å². The molecule has 0 N–H and O–H groups in total. The van der Waals surface area contributed by atoms with Crippen molar-refractivity contribution in [3.63, 3.8) is 0 Å². The van der Waals surface area contributed by atoms with Gasteiger partial charge in [0, 0.05) is 0 Å². The molecule has 5 heavy (non-hydrogen) atoms. The van der Waals surface area contributed by atoms with Gasteiger partial charge in [0.05, 0.1) is 0 Å². The standard InChI is InChI=1S/C2H5.3Na.3H/c1-2;;;;;;/h1H2,2H3;;;;;;. The van der Waals surface area contributed by atoms with E-state index in [9.17, 15) is 0 Å². The van der Waals surface area contributed by atoms with E-state index in [1.54, 1.807) is 6.92 Å². The molecule has 0 aromatic rings. The predicted molar refractivity (Wildman–Crippen MR) is 32.5 cm³/mol. The Morgan fingerprint density at radius 1 is 0.800 bits per heavy atom. The molecule has 0 heterocycles. The molecule has 0 aliphatic rings. The van der Waals surface area contributed by atoms with Gasteiger partial charge < -0.3 is 0 Å². The van der Waals surface area contributed by atoms with Crippen molar-refractivity contribution in [2.75, 3.05) is 0 Å². The van der Waals surface area contributed by atoms with E-state index in [1.165, 1.54) is 0 Å². The van der Waals surface area contributed by atoms with Crippen LogP contribution >= 0.6 is 0 Å². The van der Waals surface area contributed by atoms with E-state index in [0.29, 0.717) is 0 Å². The molecule has 0 aromatic heterocycles. The van der Waals surface area contributed by atoms with Crippen LogP contribution in [0.15, 0.2) is 0 Å². The van der Waals surface area contributed by atoms with Crippen molar-refractivity contribution >= 4 is 88.7 Å². The monoisotopic (exact) mass is 101 g/mol. The van der Waals surface area contributed by atoms with E-state index < -0.39 is 0 Å². The third-order valence-corrected chi connectivity index (χ3v) is 0. The summed E-state index contributed by atoms with van der Waals surface area (Å²) in [6.45, 7) is 5.00. The van der Waals surface area contributed by atoms with Gasteiger partial charge in [-0.25, -0.2) is 0 Å². The van der Waals surface area contributed by atoms with Crippen molar-refractivity contribution in [3.05, 3.63) is 6.92 Å². The van der Waals surface area contributed by atoms with Gasteiger partial charge in [-0.05, 0) is 0 Å². The molecule has 0 rings (SSSR count). The van der Waals surface area contributed by atoms with E-state index in [-0.39, 0.29) is 88.7 Å². The number of hydrogen-bond acceptors (Lipinski definition) is 0. The van der Waals surface area contributed by atoms with Gasteiger partial charge in [0.25, 0.3) is 0 Å². The van der Waals surface area contributed by atoms with Crippen LogP contribution in [0.2, 0.25) is 0 Å². The molecule has 0 bridgehead atoms. The summed E-state index contributed by atoms with van der Waals surface area (Å²) >= 11 is 0. The Balaban J connectivity index is -0.00000000167. The Hall–Kier alpha value is 3.00. The van der Waals surface area contributed by atoms with Crippen LogP contribution in [0.25, 0.3) is 0 Å². The molecule has 0 aliphatic carbocycles. The summed E-state index contributed by atoms with van der Waals surface area (Å²) in [7, 11) is 0. The van der Waals surface area contributed by atoms with Crippen LogP contribution in [-0.4, -0.2) is 88.7 Å². The Bertz CT molecular complexity index is 4.85. The Morgan fingerprint density at radius 3 is 0.800 bits per heavy atom. The molecule has 0 aromatic carbocycles. The van der Waals surface area contributed by atoms with Gasteiger partial charge in [-0.1, -0.05) is 13.8 Å². The minimum absolute atomic E-state index is 0. The minimum atomic E-state index is 0. The second kappa shape index (κ2) is 28.0. The van der Waals surface area contributed by atoms with Gasteiger partial charge in [-0.15, -0.1) is 0 Å². The third-order valence-electron chi connectivity index (χ3n) is 0. The van der Waals surface area contributed by atoms with E-state index in [2.05, 4.69) is 6.92 Å². The summed E-state index contributed by atoms with van der Waals surface area (Å²) in [5.74, 6) is 0. The summed E-state index contributed by atoms with van der Waals surface area (Å²) in [6, 6.07) is 0. The maximum atomic E-state index is 3.25. The SMILES string of the molecule is [CH2]C.[NaH].[NaH].[NaH]. The third kappa shape index (κ3) is 19.4. The molecule has 0 unspecified atom stereocenters. The molecule has 1 radical (unpaired) electrons. The van der Waals surface area contributed by atoms with Crippen molar-refractivity contribution in [1.29, 1.82) is 0 Å².